The van der Waals surface area contributed by atoms with Gasteiger partial charge in [-0.1, -0.05) is 45.0 Å². The summed E-state index contributed by atoms with van der Waals surface area (Å²) >= 11 is 2.06. The Morgan fingerprint density at radius 2 is 1.89 bits per heavy atom. The van der Waals surface area contributed by atoms with Gasteiger partial charge in [0.2, 0.25) is 0 Å². The molecule has 18 heavy (non-hydrogen) atoms. The fourth-order valence-corrected chi connectivity index (χ4v) is 3.55. The second-order valence-electron chi connectivity index (χ2n) is 6.32. The molecule has 0 spiro atoms. The van der Waals surface area contributed by atoms with E-state index < -0.39 is 0 Å². The van der Waals surface area contributed by atoms with Gasteiger partial charge in [0.15, 0.2) is 0 Å². The van der Waals surface area contributed by atoms with E-state index in [9.17, 15) is 0 Å². The lowest BCUT2D eigenvalue weighted by molar-refractivity contribution is 0.485. The van der Waals surface area contributed by atoms with Crippen LogP contribution in [-0.2, 0) is 5.41 Å². The number of benzene rings is 1. The molecule has 2 rings (SSSR count). The van der Waals surface area contributed by atoms with E-state index in [4.69, 9.17) is 0 Å². The van der Waals surface area contributed by atoms with E-state index >= 15 is 0 Å². The highest BCUT2D eigenvalue weighted by Crippen LogP contribution is 2.25. The van der Waals surface area contributed by atoms with E-state index in [1.54, 1.807) is 0 Å². The predicted molar refractivity (Wildman–Crippen MR) is 82.4 cm³/mol. The molecular formula is C16H25NS. The molecule has 1 fully saturated rings. The lowest BCUT2D eigenvalue weighted by Crippen LogP contribution is -2.31. The van der Waals surface area contributed by atoms with Gasteiger partial charge in [-0.15, -0.1) is 0 Å². The number of thioether (sulfide) groups is 1. The molecule has 1 N–H and O–H groups in total. The van der Waals surface area contributed by atoms with Gasteiger partial charge in [-0.25, -0.2) is 0 Å². The van der Waals surface area contributed by atoms with Crippen LogP contribution in [0.4, 0.5) is 0 Å². The van der Waals surface area contributed by atoms with Crippen molar-refractivity contribution in [3.63, 3.8) is 0 Å². The van der Waals surface area contributed by atoms with Gasteiger partial charge in [0, 0.05) is 17.8 Å². The Kier molecular flexibility index (Phi) is 4.39. The minimum Gasteiger partial charge on any atom is -0.307 e. The van der Waals surface area contributed by atoms with Crippen molar-refractivity contribution < 1.29 is 0 Å². The molecule has 1 saturated heterocycles. The highest BCUT2D eigenvalue weighted by atomic mass is 32.2. The summed E-state index contributed by atoms with van der Waals surface area (Å²) in [7, 11) is 0. The van der Waals surface area contributed by atoms with Crippen LogP contribution in [0.5, 0.6) is 0 Å². The van der Waals surface area contributed by atoms with Crippen LogP contribution in [-0.4, -0.2) is 17.5 Å². The highest BCUT2D eigenvalue weighted by molar-refractivity contribution is 7.99. The molecular weight excluding hydrogens is 238 g/mol. The molecule has 0 radical (unpaired) electrons. The number of hydrogen-bond donors (Lipinski definition) is 1. The van der Waals surface area contributed by atoms with Crippen molar-refractivity contribution in [1.29, 1.82) is 0 Å². The first-order valence-corrected chi connectivity index (χ1v) is 8.06. The molecule has 1 aliphatic rings. The summed E-state index contributed by atoms with van der Waals surface area (Å²) in [6, 6.07) is 10.3. The zero-order valence-electron chi connectivity index (χ0n) is 12.0. The van der Waals surface area contributed by atoms with Gasteiger partial charge in [0.05, 0.1) is 0 Å². The first kappa shape index (κ1) is 14.0. The minimum atomic E-state index is 0.247. The highest BCUT2D eigenvalue weighted by Gasteiger charge is 2.18. The Morgan fingerprint density at radius 1 is 1.22 bits per heavy atom. The molecule has 2 atom stereocenters. The second-order valence-corrected chi connectivity index (χ2v) is 7.47. The first-order valence-electron chi connectivity index (χ1n) is 6.91. The van der Waals surface area contributed by atoms with Gasteiger partial charge in [-0.05, 0) is 35.6 Å². The van der Waals surface area contributed by atoms with E-state index in [2.05, 4.69) is 69.0 Å². The van der Waals surface area contributed by atoms with Crippen LogP contribution >= 0.6 is 11.8 Å². The van der Waals surface area contributed by atoms with Crippen molar-refractivity contribution in [3.05, 3.63) is 35.4 Å². The lowest BCUT2D eigenvalue weighted by atomic mass is 9.86. The monoisotopic (exact) mass is 263 g/mol. The van der Waals surface area contributed by atoms with E-state index in [0.29, 0.717) is 12.1 Å². The van der Waals surface area contributed by atoms with Crippen LogP contribution in [0.2, 0.25) is 0 Å². The molecule has 0 amide bonds. The maximum absolute atomic E-state index is 3.73. The Balaban J connectivity index is 2.00. The van der Waals surface area contributed by atoms with Crippen molar-refractivity contribution in [3.8, 4) is 0 Å². The van der Waals surface area contributed by atoms with Gasteiger partial charge in [-0.2, -0.15) is 11.8 Å². The molecule has 1 aromatic rings. The van der Waals surface area contributed by atoms with Gasteiger partial charge >= 0.3 is 0 Å². The Bertz CT molecular complexity index is 371. The van der Waals surface area contributed by atoms with Crippen molar-refractivity contribution in [2.45, 2.75) is 51.6 Å². The molecule has 0 bridgehead atoms. The van der Waals surface area contributed by atoms with Crippen LogP contribution < -0.4 is 5.32 Å². The topological polar surface area (TPSA) is 12.0 Å². The molecule has 0 aliphatic carbocycles. The largest absolute Gasteiger partial charge is 0.307 e. The fourth-order valence-electron chi connectivity index (χ4n) is 2.39. The normalized spacial score (nSPS) is 22.1. The summed E-state index contributed by atoms with van der Waals surface area (Å²) in [4.78, 5) is 0. The minimum absolute atomic E-state index is 0.247. The summed E-state index contributed by atoms with van der Waals surface area (Å²) in [6.45, 7) is 9.06. The van der Waals surface area contributed by atoms with E-state index in [0.717, 1.165) is 0 Å². The fraction of sp³-hybridized carbons (Fsp3) is 0.625. The van der Waals surface area contributed by atoms with Crippen molar-refractivity contribution in [1.82, 2.24) is 5.32 Å². The third-order valence-corrected chi connectivity index (χ3v) is 4.85. The van der Waals surface area contributed by atoms with E-state index in [-0.39, 0.29) is 5.41 Å². The van der Waals surface area contributed by atoms with Gasteiger partial charge in [-0.3, -0.25) is 0 Å². The number of rotatable bonds is 3. The zero-order valence-corrected chi connectivity index (χ0v) is 12.8. The molecule has 0 aromatic heterocycles. The Morgan fingerprint density at radius 3 is 2.39 bits per heavy atom. The summed E-state index contributed by atoms with van der Waals surface area (Å²) in [5.74, 6) is 2.58. The summed E-state index contributed by atoms with van der Waals surface area (Å²) < 4.78 is 0. The lowest BCUT2D eigenvalue weighted by Gasteiger charge is -2.22. The third kappa shape index (κ3) is 3.52. The Hall–Kier alpha value is -0.470. The van der Waals surface area contributed by atoms with Gasteiger partial charge in [0.25, 0.3) is 0 Å². The maximum Gasteiger partial charge on any atom is 0.0294 e. The SMILES string of the molecule is CC(NC1CCSC1)c1ccc(C(C)(C)C)cc1. The van der Waals surface area contributed by atoms with E-state index in [1.807, 2.05) is 0 Å². The molecule has 1 heterocycles. The molecule has 2 heteroatoms. The van der Waals surface area contributed by atoms with Crippen LogP contribution in [0.1, 0.15) is 51.3 Å². The third-order valence-electron chi connectivity index (χ3n) is 3.69. The van der Waals surface area contributed by atoms with Crippen LogP contribution in [0, 0.1) is 0 Å². The molecule has 1 aliphatic heterocycles. The van der Waals surface area contributed by atoms with Crippen LogP contribution in [0.25, 0.3) is 0 Å². The molecule has 0 saturated carbocycles. The Labute approximate surface area is 116 Å². The average Bonchev–Trinajstić information content (AvgIpc) is 2.81. The molecule has 100 valence electrons. The van der Waals surface area contributed by atoms with E-state index in [1.165, 1.54) is 29.1 Å². The van der Waals surface area contributed by atoms with Gasteiger partial charge in [0.1, 0.15) is 0 Å². The summed E-state index contributed by atoms with van der Waals surface area (Å²) in [5, 5.41) is 3.73. The number of hydrogen-bond acceptors (Lipinski definition) is 2. The first-order chi connectivity index (χ1) is 8.47. The molecule has 1 nitrogen and oxygen atoms in total. The van der Waals surface area contributed by atoms with Gasteiger partial charge < -0.3 is 5.32 Å². The number of nitrogens with one attached hydrogen (secondary N) is 1. The smallest absolute Gasteiger partial charge is 0.0294 e. The standard InChI is InChI=1S/C16H25NS/c1-12(17-15-9-10-18-11-15)13-5-7-14(8-6-13)16(2,3)4/h5-8,12,15,17H,9-11H2,1-4H3. The molecule has 1 aromatic carbocycles. The van der Waals surface area contributed by atoms with Crippen LogP contribution in [0.3, 0.4) is 0 Å². The summed E-state index contributed by atoms with van der Waals surface area (Å²) in [5.41, 5.74) is 3.06. The zero-order chi connectivity index (χ0) is 13.2. The second kappa shape index (κ2) is 5.66. The average molecular weight is 263 g/mol. The quantitative estimate of drug-likeness (QED) is 0.879. The van der Waals surface area contributed by atoms with Crippen LogP contribution in [0.15, 0.2) is 24.3 Å². The predicted octanol–water partition coefficient (Wildman–Crippen LogP) is 4.14. The van der Waals surface area contributed by atoms with Crippen molar-refractivity contribution >= 4 is 11.8 Å². The molecule has 2 unspecified atom stereocenters. The van der Waals surface area contributed by atoms with Crippen molar-refractivity contribution in [2.75, 3.05) is 11.5 Å². The summed E-state index contributed by atoms with van der Waals surface area (Å²) in [6.07, 6.45) is 1.31. The maximum atomic E-state index is 3.73. The van der Waals surface area contributed by atoms with Crippen molar-refractivity contribution in [2.24, 2.45) is 0 Å².